The van der Waals surface area contributed by atoms with Gasteiger partial charge in [-0.25, -0.2) is 9.18 Å². The molecule has 0 radical (unpaired) electrons. The Balaban J connectivity index is 1.96. The van der Waals surface area contributed by atoms with Gasteiger partial charge < -0.3 is 14.6 Å². The number of hydrogen-bond acceptors (Lipinski definition) is 3. The maximum Gasteiger partial charge on any atom is 0.355 e. The van der Waals surface area contributed by atoms with Gasteiger partial charge in [0.25, 0.3) is 0 Å². The molecule has 1 aromatic heterocycles. The van der Waals surface area contributed by atoms with Crippen LogP contribution in [0.25, 0.3) is 21.7 Å². The lowest BCUT2D eigenvalue weighted by Gasteiger charge is -2.13. The monoisotopic (exact) mass is 390 g/mol. The third-order valence-corrected chi connectivity index (χ3v) is 5.16. The van der Waals surface area contributed by atoms with Crippen molar-refractivity contribution in [2.45, 2.75) is 20.0 Å². The number of carbonyl (C=O) groups is 1. The lowest BCUT2D eigenvalue weighted by atomic mass is 10.0. The molecule has 3 aromatic carbocycles. The van der Waals surface area contributed by atoms with Crippen molar-refractivity contribution in [1.82, 2.24) is 9.88 Å². The molecule has 0 aliphatic heterocycles. The van der Waals surface area contributed by atoms with Crippen molar-refractivity contribution in [2.75, 3.05) is 13.7 Å². The number of nitrogens with zero attached hydrogens (tertiary/aromatic N) is 1. The van der Waals surface area contributed by atoms with Gasteiger partial charge in [-0.15, -0.1) is 0 Å². The second kappa shape index (κ2) is 8.05. The Morgan fingerprint density at radius 2 is 1.86 bits per heavy atom. The molecule has 0 aliphatic carbocycles. The Hall–Kier alpha value is -3.18. The molecule has 0 fully saturated rings. The number of esters is 1. The molecule has 4 nitrogen and oxygen atoms in total. The summed E-state index contributed by atoms with van der Waals surface area (Å²) in [6.45, 7) is 2.99. The second-order valence-electron chi connectivity index (χ2n) is 6.96. The summed E-state index contributed by atoms with van der Waals surface area (Å²) in [5.41, 5.74) is 3.12. The van der Waals surface area contributed by atoms with Gasteiger partial charge >= 0.3 is 5.97 Å². The summed E-state index contributed by atoms with van der Waals surface area (Å²) in [6, 6.07) is 19.0. The van der Waals surface area contributed by atoms with Crippen LogP contribution in [0.2, 0.25) is 0 Å². The molecule has 0 aliphatic rings. The van der Waals surface area contributed by atoms with Crippen molar-refractivity contribution >= 4 is 27.6 Å². The largest absolute Gasteiger partial charge is 0.461 e. The van der Waals surface area contributed by atoms with Gasteiger partial charge in [0.15, 0.2) is 0 Å². The van der Waals surface area contributed by atoms with Crippen molar-refractivity contribution in [3.05, 3.63) is 83.3 Å². The van der Waals surface area contributed by atoms with Crippen LogP contribution in [-0.2, 0) is 17.8 Å². The SMILES string of the molecule is CCOC(=O)c1c(CNC)c2cc(F)ccc2n1Cc1cccc2ccccc12. The molecule has 4 aromatic rings. The maximum absolute atomic E-state index is 14.0. The van der Waals surface area contributed by atoms with Crippen LogP contribution in [-0.4, -0.2) is 24.2 Å². The highest BCUT2D eigenvalue weighted by Gasteiger charge is 2.24. The zero-order chi connectivity index (χ0) is 20.4. The molecule has 1 N–H and O–H groups in total. The number of hydrogen-bond donors (Lipinski definition) is 1. The summed E-state index contributed by atoms with van der Waals surface area (Å²) >= 11 is 0. The summed E-state index contributed by atoms with van der Waals surface area (Å²) in [7, 11) is 1.81. The Morgan fingerprint density at radius 3 is 2.66 bits per heavy atom. The minimum absolute atomic E-state index is 0.280. The summed E-state index contributed by atoms with van der Waals surface area (Å²) in [5.74, 6) is -0.720. The number of carbonyl (C=O) groups excluding carboxylic acids is 1. The van der Waals surface area contributed by atoms with Gasteiger partial charge in [-0.3, -0.25) is 0 Å². The van der Waals surface area contributed by atoms with E-state index in [0.717, 1.165) is 32.8 Å². The number of benzene rings is 3. The highest BCUT2D eigenvalue weighted by Crippen LogP contribution is 2.30. The van der Waals surface area contributed by atoms with Crippen molar-refractivity contribution in [3.8, 4) is 0 Å². The van der Waals surface area contributed by atoms with Crippen LogP contribution in [0.15, 0.2) is 60.7 Å². The van der Waals surface area contributed by atoms with Gasteiger partial charge in [-0.05, 0) is 48.5 Å². The molecule has 5 heteroatoms. The first-order valence-corrected chi connectivity index (χ1v) is 9.73. The first kappa shape index (κ1) is 19.2. The Kier molecular flexibility index (Phi) is 5.32. The van der Waals surface area contributed by atoms with E-state index >= 15 is 0 Å². The molecule has 0 saturated carbocycles. The normalized spacial score (nSPS) is 11.3. The third kappa shape index (κ3) is 3.49. The number of aromatic nitrogens is 1. The summed E-state index contributed by atoms with van der Waals surface area (Å²) in [4.78, 5) is 12.9. The lowest BCUT2D eigenvalue weighted by Crippen LogP contribution is -2.17. The zero-order valence-electron chi connectivity index (χ0n) is 16.5. The molecule has 0 saturated heterocycles. The van der Waals surface area contributed by atoms with Gasteiger partial charge in [-0.2, -0.15) is 0 Å². The Labute approximate surface area is 168 Å². The van der Waals surface area contributed by atoms with Crippen molar-refractivity contribution in [2.24, 2.45) is 0 Å². The van der Waals surface area contributed by atoms with E-state index in [4.69, 9.17) is 4.74 Å². The first-order valence-electron chi connectivity index (χ1n) is 9.73. The smallest absolute Gasteiger partial charge is 0.355 e. The van der Waals surface area contributed by atoms with Gasteiger partial charge in [0, 0.05) is 29.6 Å². The molecule has 29 heavy (non-hydrogen) atoms. The van der Waals surface area contributed by atoms with E-state index in [1.165, 1.54) is 12.1 Å². The fraction of sp³-hybridized carbons (Fsp3) is 0.208. The molecular formula is C24H23FN2O2. The van der Waals surface area contributed by atoms with Crippen molar-refractivity contribution in [1.29, 1.82) is 0 Å². The Morgan fingerprint density at radius 1 is 1.07 bits per heavy atom. The average molecular weight is 390 g/mol. The van der Waals surface area contributed by atoms with E-state index in [1.54, 1.807) is 13.0 Å². The van der Waals surface area contributed by atoms with Gasteiger partial charge in [-0.1, -0.05) is 42.5 Å². The zero-order valence-corrected chi connectivity index (χ0v) is 16.5. The van der Waals surface area contributed by atoms with E-state index in [0.29, 0.717) is 18.8 Å². The predicted molar refractivity (Wildman–Crippen MR) is 114 cm³/mol. The van der Waals surface area contributed by atoms with E-state index in [-0.39, 0.29) is 12.4 Å². The van der Waals surface area contributed by atoms with Crippen molar-refractivity contribution in [3.63, 3.8) is 0 Å². The molecule has 0 spiro atoms. The highest BCUT2D eigenvalue weighted by atomic mass is 19.1. The number of nitrogens with one attached hydrogen (secondary N) is 1. The molecule has 4 rings (SSSR count). The number of ether oxygens (including phenoxy) is 1. The van der Waals surface area contributed by atoms with Crippen LogP contribution in [0, 0.1) is 5.82 Å². The number of rotatable bonds is 6. The highest BCUT2D eigenvalue weighted by molar-refractivity contribution is 5.99. The number of fused-ring (bicyclic) bond motifs is 2. The second-order valence-corrected chi connectivity index (χ2v) is 6.96. The average Bonchev–Trinajstić information content (AvgIpc) is 3.01. The standard InChI is InChI=1S/C24H23FN2O2/c1-3-29-24(28)23-21(14-26-2)20-13-18(25)11-12-22(20)27(23)15-17-9-6-8-16-7-4-5-10-19(16)17/h4-13,26H,3,14-15H2,1-2H3. The molecule has 0 atom stereocenters. The van der Waals surface area contributed by atoms with Gasteiger partial charge in [0.05, 0.1) is 6.61 Å². The van der Waals surface area contributed by atoms with E-state index in [1.807, 2.05) is 29.8 Å². The predicted octanol–water partition coefficient (Wildman–Crippen LogP) is 4.88. The molecule has 0 bridgehead atoms. The van der Waals surface area contributed by atoms with Crippen LogP contribution in [0.4, 0.5) is 4.39 Å². The summed E-state index contributed by atoms with van der Waals surface area (Å²) in [6.07, 6.45) is 0. The van der Waals surface area contributed by atoms with Crippen LogP contribution in [0.3, 0.4) is 0 Å². The van der Waals surface area contributed by atoms with Crippen LogP contribution < -0.4 is 5.32 Å². The molecule has 0 unspecified atom stereocenters. The summed E-state index contributed by atoms with van der Waals surface area (Å²) in [5, 5.41) is 6.09. The molecule has 148 valence electrons. The first-order chi connectivity index (χ1) is 14.1. The molecule has 0 amide bonds. The van der Waals surface area contributed by atoms with E-state index < -0.39 is 5.97 Å². The number of halogens is 1. The molecule has 1 heterocycles. The lowest BCUT2D eigenvalue weighted by molar-refractivity contribution is 0.0513. The fourth-order valence-corrected chi connectivity index (χ4v) is 3.95. The Bertz CT molecular complexity index is 1190. The van der Waals surface area contributed by atoms with E-state index in [2.05, 4.69) is 29.6 Å². The quantitative estimate of drug-likeness (QED) is 0.477. The van der Waals surface area contributed by atoms with E-state index in [9.17, 15) is 9.18 Å². The fourth-order valence-electron chi connectivity index (χ4n) is 3.95. The third-order valence-electron chi connectivity index (χ3n) is 5.16. The van der Waals surface area contributed by atoms with Gasteiger partial charge in [0.1, 0.15) is 11.5 Å². The maximum atomic E-state index is 14.0. The van der Waals surface area contributed by atoms with Gasteiger partial charge in [0.2, 0.25) is 0 Å². The van der Waals surface area contributed by atoms with Crippen LogP contribution in [0.5, 0.6) is 0 Å². The molecular weight excluding hydrogens is 367 g/mol. The topological polar surface area (TPSA) is 43.3 Å². The van der Waals surface area contributed by atoms with Crippen molar-refractivity contribution < 1.29 is 13.9 Å². The van der Waals surface area contributed by atoms with Crippen LogP contribution >= 0.6 is 0 Å². The minimum Gasteiger partial charge on any atom is -0.461 e. The van der Waals surface area contributed by atoms with Crippen LogP contribution in [0.1, 0.15) is 28.5 Å². The summed E-state index contributed by atoms with van der Waals surface area (Å²) < 4.78 is 21.3. The minimum atomic E-state index is -0.394.